The first-order valence-corrected chi connectivity index (χ1v) is 5.42. The summed E-state index contributed by atoms with van der Waals surface area (Å²) in [5.41, 5.74) is 1.39. The van der Waals surface area contributed by atoms with E-state index in [1.807, 2.05) is 12.1 Å². The molecule has 0 bridgehead atoms. The molecule has 0 spiro atoms. The average molecular weight is 246 g/mol. The number of ether oxygens (including phenoxy) is 1. The maximum absolute atomic E-state index is 11.4. The smallest absolute Gasteiger partial charge is 0.241 e. The highest BCUT2D eigenvalue weighted by Gasteiger charge is 2.18. The van der Waals surface area contributed by atoms with Gasteiger partial charge in [-0.05, 0) is 12.1 Å². The molecule has 0 aliphatic heterocycles. The number of aromatic nitrogens is 3. The van der Waals surface area contributed by atoms with Crippen LogP contribution in [0.3, 0.4) is 0 Å². The number of carbonyl (C=O) groups excluding carboxylic acids is 1. The Kier molecular flexibility index (Phi) is 3.27. The zero-order chi connectivity index (χ0) is 13.1. The summed E-state index contributed by atoms with van der Waals surface area (Å²) in [5, 5.41) is 4.22. The molecule has 0 saturated heterocycles. The number of rotatable bonds is 3. The van der Waals surface area contributed by atoms with Crippen molar-refractivity contribution in [2.24, 2.45) is 0 Å². The van der Waals surface area contributed by atoms with Crippen LogP contribution in [0.25, 0.3) is 5.69 Å². The Balaban J connectivity index is 2.49. The number of anilines is 1. The van der Waals surface area contributed by atoms with Crippen LogP contribution in [0.5, 0.6) is 5.88 Å². The lowest BCUT2D eigenvalue weighted by molar-refractivity contribution is -0.116. The van der Waals surface area contributed by atoms with E-state index in [1.54, 1.807) is 37.4 Å². The Hall–Kier alpha value is -2.37. The first-order valence-electron chi connectivity index (χ1n) is 5.42. The summed E-state index contributed by atoms with van der Waals surface area (Å²) >= 11 is 0. The predicted octanol–water partition coefficient (Wildman–Crippen LogP) is 1.26. The number of hydrogen-bond acceptors (Lipinski definition) is 4. The van der Waals surface area contributed by atoms with Gasteiger partial charge in [0.2, 0.25) is 11.8 Å². The van der Waals surface area contributed by atoms with Crippen molar-refractivity contribution >= 4 is 11.6 Å². The molecule has 0 aliphatic rings. The van der Waals surface area contributed by atoms with Gasteiger partial charge in [-0.3, -0.25) is 9.78 Å². The van der Waals surface area contributed by atoms with Gasteiger partial charge in [0.15, 0.2) is 0 Å². The molecule has 0 saturated carbocycles. The van der Waals surface area contributed by atoms with E-state index in [4.69, 9.17) is 4.74 Å². The van der Waals surface area contributed by atoms with Crippen LogP contribution in [-0.4, -0.2) is 34.8 Å². The third-order valence-electron chi connectivity index (χ3n) is 2.62. The molecule has 94 valence electrons. The van der Waals surface area contributed by atoms with Crippen LogP contribution in [0, 0.1) is 0 Å². The molecule has 0 unspecified atom stereocenters. The Bertz CT molecular complexity index is 550. The van der Waals surface area contributed by atoms with Crippen molar-refractivity contribution < 1.29 is 9.53 Å². The van der Waals surface area contributed by atoms with Crippen LogP contribution in [0.4, 0.5) is 5.69 Å². The Labute approximate surface area is 105 Å². The van der Waals surface area contributed by atoms with E-state index in [0.29, 0.717) is 11.6 Å². The molecule has 2 aromatic heterocycles. The molecule has 6 nitrogen and oxygen atoms in total. The second kappa shape index (κ2) is 4.87. The zero-order valence-electron chi connectivity index (χ0n) is 10.5. The molecule has 0 aromatic carbocycles. The van der Waals surface area contributed by atoms with Gasteiger partial charge in [0, 0.05) is 20.2 Å². The van der Waals surface area contributed by atoms with Crippen LogP contribution in [0.15, 0.2) is 30.7 Å². The van der Waals surface area contributed by atoms with Crippen molar-refractivity contribution in [2.45, 2.75) is 6.92 Å². The van der Waals surface area contributed by atoms with Gasteiger partial charge in [0.05, 0.1) is 25.2 Å². The van der Waals surface area contributed by atoms with Gasteiger partial charge in [-0.25, -0.2) is 0 Å². The van der Waals surface area contributed by atoms with Crippen molar-refractivity contribution in [3.05, 3.63) is 30.7 Å². The topological polar surface area (TPSA) is 60.2 Å². The molecule has 6 heteroatoms. The Morgan fingerprint density at radius 2 is 2.22 bits per heavy atom. The summed E-state index contributed by atoms with van der Waals surface area (Å²) in [7, 11) is 3.22. The Morgan fingerprint density at radius 1 is 1.44 bits per heavy atom. The van der Waals surface area contributed by atoms with E-state index in [0.717, 1.165) is 5.69 Å². The van der Waals surface area contributed by atoms with Crippen LogP contribution < -0.4 is 9.64 Å². The number of nitrogens with zero attached hydrogens (tertiary/aromatic N) is 4. The van der Waals surface area contributed by atoms with E-state index in [9.17, 15) is 4.79 Å². The minimum Gasteiger partial charge on any atom is -0.479 e. The van der Waals surface area contributed by atoms with Gasteiger partial charge >= 0.3 is 0 Å². The van der Waals surface area contributed by atoms with Gasteiger partial charge in [-0.1, -0.05) is 0 Å². The summed E-state index contributed by atoms with van der Waals surface area (Å²) in [6.45, 7) is 1.49. The van der Waals surface area contributed by atoms with Crippen molar-refractivity contribution in [3.8, 4) is 11.6 Å². The van der Waals surface area contributed by atoms with Gasteiger partial charge in [0.25, 0.3) is 0 Å². The molecule has 0 atom stereocenters. The van der Waals surface area contributed by atoms with Gasteiger partial charge in [-0.15, -0.1) is 0 Å². The van der Waals surface area contributed by atoms with Crippen LogP contribution >= 0.6 is 0 Å². The zero-order valence-corrected chi connectivity index (χ0v) is 10.5. The van der Waals surface area contributed by atoms with E-state index < -0.39 is 0 Å². The highest BCUT2D eigenvalue weighted by Crippen LogP contribution is 2.29. The summed E-state index contributed by atoms with van der Waals surface area (Å²) < 4.78 is 6.92. The van der Waals surface area contributed by atoms with E-state index >= 15 is 0 Å². The fraction of sp³-hybridized carbons (Fsp3) is 0.250. The lowest BCUT2D eigenvalue weighted by atomic mass is 10.4. The molecular formula is C12H14N4O2. The molecule has 1 amide bonds. The summed E-state index contributed by atoms with van der Waals surface area (Å²) in [4.78, 5) is 16.9. The first-order chi connectivity index (χ1) is 8.65. The standard InChI is InChI=1S/C12H14N4O2/c1-9(17)15(2)11-8-14-16(12(11)18-3)10-5-4-6-13-7-10/h4-8H,1-3H3. The largest absolute Gasteiger partial charge is 0.479 e. The molecule has 0 N–H and O–H groups in total. The van der Waals surface area contributed by atoms with Crippen molar-refractivity contribution in [3.63, 3.8) is 0 Å². The van der Waals surface area contributed by atoms with E-state index in [1.165, 1.54) is 11.8 Å². The molecular weight excluding hydrogens is 232 g/mol. The monoisotopic (exact) mass is 246 g/mol. The predicted molar refractivity (Wildman–Crippen MR) is 67.0 cm³/mol. The molecule has 2 heterocycles. The van der Waals surface area contributed by atoms with Gasteiger partial charge < -0.3 is 9.64 Å². The van der Waals surface area contributed by atoms with Gasteiger partial charge in [0.1, 0.15) is 5.69 Å². The maximum atomic E-state index is 11.4. The van der Waals surface area contributed by atoms with Crippen molar-refractivity contribution in [1.29, 1.82) is 0 Å². The SMILES string of the molecule is COc1c(N(C)C(C)=O)cnn1-c1cccnc1. The number of methoxy groups -OCH3 is 1. The number of amides is 1. The highest BCUT2D eigenvalue weighted by molar-refractivity contribution is 5.92. The molecule has 2 aromatic rings. The third kappa shape index (κ3) is 2.04. The summed E-state index contributed by atoms with van der Waals surface area (Å²) in [5.74, 6) is 0.416. The van der Waals surface area contributed by atoms with Crippen LogP contribution in [0.2, 0.25) is 0 Å². The molecule has 0 aliphatic carbocycles. The number of carbonyl (C=O) groups is 1. The number of pyridine rings is 1. The van der Waals surface area contributed by atoms with Gasteiger partial charge in [-0.2, -0.15) is 9.78 Å². The minimum absolute atomic E-state index is 0.0842. The molecule has 0 radical (unpaired) electrons. The lowest BCUT2D eigenvalue weighted by Gasteiger charge is -2.14. The molecule has 18 heavy (non-hydrogen) atoms. The summed E-state index contributed by atoms with van der Waals surface area (Å²) in [6.07, 6.45) is 4.95. The fourth-order valence-electron chi connectivity index (χ4n) is 1.58. The number of hydrogen-bond donors (Lipinski definition) is 0. The normalized spacial score (nSPS) is 10.2. The van der Waals surface area contributed by atoms with E-state index in [2.05, 4.69) is 10.1 Å². The average Bonchev–Trinajstić information content (AvgIpc) is 2.82. The van der Waals surface area contributed by atoms with Crippen LogP contribution in [-0.2, 0) is 4.79 Å². The quantitative estimate of drug-likeness (QED) is 0.818. The maximum Gasteiger partial charge on any atom is 0.241 e. The highest BCUT2D eigenvalue weighted by atomic mass is 16.5. The second-order valence-electron chi connectivity index (χ2n) is 3.74. The minimum atomic E-state index is -0.0842. The van der Waals surface area contributed by atoms with Crippen LogP contribution in [0.1, 0.15) is 6.92 Å². The molecule has 0 fully saturated rings. The lowest BCUT2D eigenvalue weighted by Crippen LogP contribution is -2.23. The second-order valence-corrected chi connectivity index (χ2v) is 3.74. The van der Waals surface area contributed by atoms with Crippen molar-refractivity contribution in [2.75, 3.05) is 19.1 Å². The van der Waals surface area contributed by atoms with Crippen molar-refractivity contribution in [1.82, 2.24) is 14.8 Å². The van der Waals surface area contributed by atoms with E-state index in [-0.39, 0.29) is 5.91 Å². The fourth-order valence-corrected chi connectivity index (χ4v) is 1.58. The first kappa shape index (κ1) is 12.1. The molecule has 2 rings (SSSR count). The Morgan fingerprint density at radius 3 is 2.78 bits per heavy atom. The third-order valence-corrected chi connectivity index (χ3v) is 2.62. The summed E-state index contributed by atoms with van der Waals surface area (Å²) in [6, 6.07) is 3.67.